The molecule has 103 heavy (non-hydrogen) atoms. The number of nitriles is 3. The molecule has 0 aliphatic carbocycles. The van der Waals surface area contributed by atoms with E-state index in [1.54, 1.807) is 91.6 Å². The normalized spacial score (nSPS) is 18.2. The third-order valence-corrected chi connectivity index (χ3v) is 20.6. The maximum atomic E-state index is 12.0. The summed E-state index contributed by atoms with van der Waals surface area (Å²) in [6.07, 6.45) is 4.98. The summed E-state index contributed by atoms with van der Waals surface area (Å²) in [6, 6.07) is 55.7. The van der Waals surface area contributed by atoms with Gasteiger partial charge in [0, 0.05) is 154 Å². The number of hydrogen-bond donors (Lipinski definition) is 4. The lowest BCUT2D eigenvalue weighted by Crippen LogP contribution is -2.52. The van der Waals surface area contributed by atoms with Crippen molar-refractivity contribution in [1.29, 1.82) is 15.8 Å². The smallest absolute Gasteiger partial charge is 0.250 e. The van der Waals surface area contributed by atoms with Crippen molar-refractivity contribution in [2.45, 2.75) is 76.1 Å². The van der Waals surface area contributed by atoms with Crippen molar-refractivity contribution >= 4 is 86.7 Å². The van der Waals surface area contributed by atoms with Crippen molar-refractivity contribution in [3.05, 3.63) is 283 Å². The summed E-state index contributed by atoms with van der Waals surface area (Å²) in [6.45, 7) is 17.7. The number of halogens is 6. The standard InChI is InChI=1S/2C27H28Cl2N4O2.C25H24Cl2N4O2/c1-3-35-26-11-7-21(16-31-26)27(2,34)18-32-12-13-33(24-10-4-19(15-30)14-23(24)29)25(17-32)20-5-8-22(28)9-6-20;1-3-32-16-21(7-11-26(32)34)27(2,35)18-31-12-13-33(24-10-4-19(15-30)14-23(24)29)25(17-31)20-5-8-22(28)9-6-20;1-25(33,19-5-9-24(32)29-14-19)16-30-10-11-31(22-8-2-17(13-28)12-21(22)27)23(15-30)18-3-6-20(26)7-4-18/h4-11,14,16,25,34H,3,12-13,17-18H2,1-2H3;4-11,14,16,25,35H,3,12-13,17-18H2,1-2H3;2-9,12,14,23,33H,10-11,15-16H2,1H3,(H,29,32)/t2*25-,27+;23-,25+/m000/s1. The Morgan fingerprint density at radius 1 is 0.485 bits per heavy atom. The number of aryl methyl sites for hydroxylation is 1. The average Bonchev–Trinajstić information content (AvgIpc) is 0.794. The molecule has 0 spiro atoms. The van der Waals surface area contributed by atoms with Crippen LogP contribution in [0.5, 0.6) is 5.88 Å². The van der Waals surface area contributed by atoms with E-state index in [9.17, 15) is 40.7 Å². The van der Waals surface area contributed by atoms with Gasteiger partial charge in [0.05, 0.1) is 91.8 Å². The van der Waals surface area contributed by atoms with Crippen LogP contribution in [0.1, 0.15) is 103 Å². The molecular formula is C79H80Cl6N12O6. The summed E-state index contributed by atoms with van der Waals surface area (Å²) in [7, 11) is 0. The lowest BCUT2D eigenvalue weighted by atomic mass is 9.95. The molecular weight excluding hydrogens is 1430 g/mol. The molecule has 6 aromatic carbocycles. The highest BCUT2D eigenvalue weighted by Gasteiger charge is 2.38. The van der Waals surface area contributed by atoms with Crippen LogP contribution in [0.2, 0.25) is 30.1 Å². The number of piperazine rings is 3. The first-order chi connectivity index (χ1) is 49.3. The Morgan fingerprint density at radius 3 is 1.18 bits per heavy atom. The zero-order valence-corrected chi connectivity index (χ0v) is 62.2. The van der Waals surface area contributed by atoms with E-state index in [1.807, 2.05) is 118 Å². The summed E-state index contributed by atoms with van der Waals surface area (Å²) in [5.41, 5.74) is 5.89. The van der Waals surface area contributed by atoms with Crippen LogP contribution in [0.4, 0.5) is 17.1 Å². The van der Waals surface area contributed by atoms with Crippen molar-refractivity contribution in [3.63, 3.8) is 0 Å². The highest BCUT2D eigenvalue weighted by atomic mass is 35.5. The predicted molar refractivity (Wildman–Crippen MR) is 410 cm³/mol. The van der Waals surface area contributed by atoms with Gasteiger partial charge in [0.2, 0.25) is 11.4 Å². The maximum absolute atomic E-state index is 12.0. The van der Waals surface area contributed by atoms with Crippen LogP contribution in [0.15, 0.2) is 192 Å². The van der Waals surface area contributed by atoms with Crippen LogP contribution in [0.25, 0.3) is 0 Å². The lowest BCUT2D eigenvalue weighted by Gasteiger charge is -2.45. The second-order valence-corrected chi connectivity index (χ2v) is 29.0. The molecule has 3 saturated heterocycles. The van der Waals surface area contributed by atoms with Crippen LogP contribution in [0, 0.1) is 34.0 Å². The summed E-state index contributed by atoms with van der Waals surface area (Å²) in [5, 5.41) is 65.1. The first-order valence-electron chi connectivity index (χ1n) is 33.8. The predicted octanol–water partition coefficient (Wildman–Crippen LogP) is 14.6. The second-order valence-electron chi connectivity index (χ2n) is 26.4. The van der Waals surface area contributed by atoms with Gasteiger partial charge in [-0.2, -0.15) is 15.8 Å². The van der Waals surface area contributed by atoms with Crippen LogP contribution in [0.3, 0.4) is 0 Å². The van der Waals surface area contributed by atoms with Crippen molar-refractivity contribution in [2.75, 3.05) is 99.8 Å². The summed E-state index contributed by atoms with van der Waals surface area (Å²) in [4.78, 5) is 43.8. The fourth-order valence-electron chi connectivity index (χ4n) is 13.5. The molecule has 0 unspecified atom stereocenters. The summed E-state index contributed by atoms with van der Waals surface area (Å²) < 4.78 is 7.03. The van der Waals surface area contributed by atoms with Crippen molar-refractivity contribution in [2.24, 2.45) is 0 Å². The van der Waals surface area contributed by atoms with Gasteiger partial charge in [-0.3, -0.25) is 24.3 Å². The molecule has 0 radical (unpaired) electrons. The molecule has 0 amide bonds. The van der Waals surface area contributed by atoms with E-state index in [2.05, 4.69) is 57.6 Å². The Hall–Kier alpha value is -8.46. The van der Waals surface area contributed by atoms with Gasteiger partial charge in [-0.15, -0.1) is 0 Å². The molecule has 3 aliphatic heterocycles. The number of hydrogen-bond acceptors (Lipinski definition) is 16. The highest BCUT2D eigenvalue weighted by Crippen LogP contribution is 2.41. The summed E-state index contributed by atoms with van der Waals surface area (Å²) >= 11 is 38.2. The average molecular weight is 1510 g/mol. The fourth-order valence-corrected chi connectivity index (χ4v) is 14.8. The first kappa shape index (κ1) is 77.2. The van der Waals surface area contributed by atoms with Gasteiger partial charge in [0.1, 0.15) is 16.8 Å². The minimum absolute atomic E-state index is 0.0132. The number of H-pyrrole nitrogens is 1. The summed E-state index contributed by atoms with van der Waals surface area (Å²) in [5.74, 6) is 0.544. The number of β-amino-alcohol motifs (C(OH)–C–C–N with tert-alkyl or cyclic N) is 3. The zero-order chi connectivity index (χ0) is 73.8. The Labute approximate surface area is 630 Å². The third kappa shape index (κ3) is 19.5. The molecule has 3 fully saturated rings. The number of aromatic nitrogens is 3. The van der Waals surface area contributed by atoms with Crippen molar-refractivity contribution in [1.82, 2.24) is 29.2 Å². The third-order valence-electron chi connectivity index (χ3n) is 18.9. The monoisotopic (exact) mass is 1500 g/mol. The van der Waals surface area contributed by atoms with Crippen LogP contribution in [-0.2, 0) is 23.3 Å². The van der Waals surface area contributed by atoms with Gasteiger partial charge in [-0.05, 0) is 161 Å². The molecule has 534 valence electrons. The molecule has 6 atom stereocenters. The van der Waals surface area contributed by atoms with Gasteiger partial charge in [0.25, 0.3) is 5.56 Å². The van der Waals surface area contributed by atoms with Crippen LogP contribution < -0.4 is 30.6 Å². The second kappa shape index (κ2) is 34.4. The number of nitrogens with one attached hydrogen (secondary N) is 1. The minimum atomic E-state index is -1.14. The number of pyridine rings is 3. The van der Waals surface area contributed by atoms with Crippen molar-refractivity contribution in [3.8, 4) is 24.1 Å². The maximum Gasteiger partial charge on any atom is 0.250 e. The molecule has 12 rings (SSSR count). The molecule has 3 aliphatic rings. The number of ether oxygens (including phenoxy) is 1. The molecule has 0 saturated carbocycles. The fraction of sp³-hybridized carbons (Fsp3) is 0.316. The SMILES string of the molecule is CCOc1ccc([C@](C)(O)CN2CCN(c3ccc(C#N)cc3Cl)[C@H](c3ccc(Cl)cc3)C2)cn1.CCn1cc([C@](C)(O)CN2CCN(c3ccc(C#N)cc3Cl)[C@H](c3ccc(Cl)cc3)C2)ccc1=O.C[C@@](O)(CN1CCN(c2ccc(C#N)cc2Cl)[C@H](c2ccc(Cl)cc2)C1)c1ccc(=O)[nH]c1. The quantitative estimate of drug-likeness (QED) is 0.0626. The number of aliphatic hydroxyl groups is 3. The van der Waals surface area contributed by atoms with Gasteiger partial charge in [0.15, 0.2) is 0 Å². The lowest BCUT2D eigenvalue weighted by molar-refractivity contribution is 0.00944. The number of rotatable bonds is 18. The van der Waals surface area contributed by atoms with Crippen molar-refractivity contribution < 1.29 is 20.1 Å². The Balaban J connectivity index is 0.000000166. The molecule has 6 heterocycles. The van der Waals surface area contributed by atoms with E-state index in [-0.39, 0.29) is 29.2 Å². The first-order valence-corrected chi connectivity index (χ1v) is 36.0. The van der Waals surface area contributed by atoms with E-state index < -0.39 is 16.8 Å². The molecule has 18 nitrogen and oxygen atoms in total. The molecule has 3 aromatic heterocycles. The van der Waals surface area contributed by atoms with Crippen LogP contribution >= 0.6 is 69.6 Å². The molecule has 9 aromatic rings. The number of aromatic amines is 1. The molecule has 4 N–H and O–H groups in total. The Bertz CT molecular complexity index is 4640. The van der Waals surface area contributed by atoms with E-state index in [0.717, 1.165) is 45.9 Å². The highest BCUT2D eigenvalue weighted by molar-refractivity contribution is 6.34. The zero-order valence-electron chi connectivity index (χ0n) is 57.7. The number of nitrogens with zero attached hydrogens (tertiary/aromatic N) is 11. The Morgan fingerprint density at radius 2 is 0.854 bits per heavy atom. The van der Waals surface area contributed by atoms with E-state index in [0.29, 0.717) is 149 Å². The Kier molecular flexibility index (Phi) is 25.8. The molecule has 24 heteroatoms. The van der Waals surface area contributed by atoms with Gasteiger partial charge >= 0.3 is 0 Å². The number of anilines is 3. The van der Waals surface area contributed by atoms with E-state index in [1.165, 1.54) is 12.1 Å². The topological polar surface area (TPSA) is 228 Å². The van der Waals surface area contributed by atoms with Gasteiger partial charge < -0.3 is 44.3 Å². The van der Waals surface area contributed by atoms with Gasteiger partial charge in [-0.25, -0.2) is 4.98 Å². The van der Waals surface area contributed by atoms with E-state index >= 15 is 0 Å². The largest absolute Gasteiger partial charge is 0.478 e. The minimum Gasteiger partial charge on any atom is -0.478 e. The van der Waals surface area contributed by atoms with E-state index in [4.69, 9.17) is 74.3 Å². The van der Waals surface area contributed by atoms with Gasteiger partial charge in [-0.1, -0.05) is 106 Å². The molecule has 0 bridgehead atoms. The number of benzene rings is 6. The van der Waals surface area contributed by atoms with Crippen LogP contribution in [-0.4, -0.2) is 130 Å².